The predicted molar refractivity (Wildman–Crippen MR) is 186 cm³/mol. The number of unbranched alkanes of at least 4 members (excludes halogenated alkanes) is 22. The Morgan fingerprint density at radius 3 is 1.37 bits per heavy atom. The summed E-state index contributed by atoms with van der Waals surface area (Å²) in [5, 5.41) is 3.07. The number of carbonyl (C=O) groups is 1. The van der Waals surface area contributed by atoms with Crippen LogP contribution in [0.1, 0.15) is 187 Å². The summed E-state index contributed by atoms with van der Waals surface area (Å²) in [7, 11) is 0.563. The molecule has 0 radical (unpaired) electrons. The van der Waals surface area contributed by atoms with E-state index < -0.39 is 10.1 Å². The molecule has 0 fully saturated rings. The highest BCUT2D eigenvalue weighted by molar-refractivity contribution is 7.86. The van der Waals surface area contributed by atoms with Gasteiger partial charge in [-0.1, -0.05) is 155 Å². The molecule has 0 saturated carbocycles. The fourth-order valence-corrected chi connectivity index (χ4v) is 6.68. The van der Waals surface area contributed by atoms with Crippen LogP contribution in [0.2, 0.25) is 0 Å². The average Bonchev–Trinajstić information content (AvgIpc) is 2.95. The lowest BCUT2D eigenvalue weighted by Gasteiger charge is -2.37. The van der Waals surface area contributed by atoms with Crippen molar-refractivity contribution in [3.63, 3.8) is 0 Å². The molecule has 6 nitrogen and oxygen atoms in total. The molecule has 1 N–H and O–H groups in total. The van der Waals surface area contributed by atoms with Gasteiger partial charge in [0.25, 0.3) is 10.1 Å². The molecule has 258 valence electrons. The fourth-order valence-electron chi connectivity index (χ4n) is 5.95. The number of hydrogen-bond acceptors (Lipinski definition) is 4. The SMILES string of the molecule is CCCCCCCCCCCCCCCC(=O)NCCC[N+](C)(C)C(CCCCCCCCCCCCC)OS(C)(=O)=O. The van der Waals surface area contributed by atoms with E-state index in [9.17, 15) is 13.2 Å². The van der Waals surface area contributed by atoms with Crippen molar-refractivity contribution in [1.29, 1.82) is 0 Å². The molecule has 0 rings (SSSR count). The third-order valence-electron chi connectivity index (χ3n) is 8.86. The lowest BCUT2D eigenvalue weighted by atomic mass is 10.0. The van der Waals surface area contributed by atoms with Gasteiger partial charge in [0, 0.05) is 25.8 Å². The van der Waals surface area contributed by atoms with Gasteiger partial charge in [-0.05, 0) is 12.8 Å². The maximum atomic E-state index is 12.3. The first-order valence-corrected chi connectivity index (χ1v) is 20.4. The molecule has 1 amide bonds. The molecule has 43 heavy (non-hydrogen) atoms. The number of amides is 1. The molecule has 0 heterocycles. The summed E-state index contributed by atoms with van der Waals surface area (Å²) in [5.41, 5.74) is 0. The molecule has 1 unspecified atom stereocenters. The van der Waals surface area contributed by atoms with Crippen LogP contribution in [-0.4, -0.2) is 58.5 Å². The van der Waals surface area contributed by atoms with Crippen LogP contribution in [0, 0.1) is 0 Å². The molecule has 7 heteroatoms. The van der Waals surface area contributed by atoms with Crippen LogP contribution < -0.4 is 5.32 Å². The molecule has 0 bridgehead atoms. The second kappa shape index (κ2) is 28.8. The van der Waals surface area contributed by atoms with Crippen LogP contribution in [0.4, 0.5) is 0 Å². The molecule has 0 aliphatic rings. The predicted octanol–water partition coefficient (Wildman–Crippen LogP) is 10.1. The van der Waals surface area contributed by atoms with Crippen LogP contribution in [-0.2, 0) is 19.1 Å². The minimum Gasteiger partial charge on any atom is -0.356 e. The van der Waals surface area contributed by atoms with Crippen molar-refractivity contribution in [3.8, 4) is 0 Å². The number of rotatable bonds is 33. The van der Waals surface area contributed by atoms with Gasteiger partial charge in [-0.2, -0.15) is 8.42 Å². The molecule has 0 aliphatic carbocycles. The van der Waals surface area contributed by atoms with E-state index in [1.807, 2.05) is 14.1 Å². The van der Waals surface area contributed by atoms with E-state index in [-0.39, 0.29) is 12.1 Å². The van der Waals surface area contributed by atoms with Crippen molar-refractivity contribution in [1.82, 2.24) is 5.32 Å². The van der Waals surface area contributed by atoms with Crippen molar-refractivity contribution in [2.75, 3.05) is 33.4 Å². The van der Waals surface area contributed by atoms with E-state index in [4.69, 9.17) is 4.18 Å². The Morgan fingerprint density at radius 1 is 0.605 bits per heavy atom. The molecule has 0 aromatic heterocycles. The minimum atomic E-state index is -3.53. The first-order chi connectivity index (χ1) is 20.6. The van der Waals surface area contributed by atoms with Crippen LogP contribution in [0.5, 0.6) is 0 Å². The standard InChI is InChI=1S/C36H74N2O4S/c1-6-8-10-12-14-16-18-19-21-22-24-26-28-31-35(39)37-33-30-34-38(3,4)36(42-43(5,40)41)32-29-27-25-23-20-17-15-13-11-9-7-2/h36H,6-34H2,1-5H3/p+1. The number of carbonyl (C=O) groups excluding carboxylic acids is 1. The van der Waals surface area contributed by atoms with E-state index in [0.717, 1.165) is 51.3 Å². The second-order valence-corrected chi connectivity index (χ2v) is 15.4. The van der Waals surface area contributed by atoms with Crippen LogP contribution >= 0.6 is 0 Å². The van der Waals surface area contributed by atoms with Gasteiger partial charge in [0.15, 0.2) is 0 Å². The monoisotopic (exact) mass is 632 g/mol. The number of quaternary nitrogens is 1. The summed E-state index contributed by atoms with van der Waals surface area (Å²) < 4.78 is 30.0. The van der Waals surface area contributed by atoms with Gasteiger partial charge in [0.05, 0.1) is 26.9 Å². The van der Waals surface area contributed by atoms with Crippen molar-refractivity contribution in [2.45, 2.75) is 193 Å². The lowest BCUT2D eigenvalue weighted by molar-refractivity contribution is -0.933. The summed E-state index contributed by atoms with van der Waals surface area (Å²) in [6.07, 6.45) is 33.9. The molecule has 0 spiro atoms. The molecular weight excluding hydrogens is 556 g/mol. The Hall–Kier alpha value is -0.660. The summed E-state index contributed by atoms with van der Waals surface area (Å²) in [6, 6.07) is 0. The van der Waals surface area contributed by atoms with Gasteiger partial charge in [-0.3, -0.25) is 4.79 Å². The van der Waals surface area contributed by atoms with E-state index in [2.05, 4.69) is 19.2 Å². The van der Waals surface area contributed by atoms with Crippen LogP contribution in [0.3, 0.4) is 0 Å². The van der Waals surface area contributed by atoms with Crippen LogP contribution in [0.15, 0.2) is 0 Å². The molecular formula is C36H75N2O4S+. The largest absolute Gasteiger partial charge is 0.356 e. The Bertz CT molecular complexity index is 727. The quantitative estimate of drug-likeness (QED) is 0.0339. The van der Waals surface area contributed by atoms with Crippen molar-refractivity contribution in [3.05, 3.63) is 0 Å². The molecule has 1 atom stereocenters. The highest BCUT2D eigenvalue weighted by atomic mass is 32.2. The smallest absolute Gasteiger partial charge is 0.269 e. The Morgan fingerprint density at radius 2 is 0.977 bits per heavy atom. The van der Waals surface area contributed by atoms with Crippen LogP contribution in [0.25, 0.3) is 0 Å². The van der Waals surface area contributed by atoms with Gasteiger partial charge in [-0.25, -0.2) is 4.18 Å². The zero-order chi connectivity index (χ0) is 32.1. The van der Waals surface area contributed by atoms with E-state index in [1.165, 1.54) is 128 Å². The van der Waals surface area contributed by atoms with Crippen molar-refractivity contribution >= 4 is 16.0 Å². The zero-order valence-corrected chi connectivity index (χ0v) is 30.4. The maximum absolute atomic E-state index is 12.3. The fraction of sp³-hybridized carbons (Fsp3) is 0.972. The van der Waals surface area contributed by atoms with Gasteiger partial charge in [0.1, 0.15) is 0 Å². The number of nitrogens with one attached hydrogen (secondary N) is 1. The van der Waals surface area contributed by atoms with Gasteiger partial charge < -0.3 is 9.80 Å². The normalized spacial score (nSPS) is 13.0. The zero-order valence-electron chi connectivity index (χ0n) is 29.6. The Balaban J connectivity index is 3.98. The van der Waals surface area contributed by atoms with Gasteiger partial charge in [-0.15, -0.1) is 0 Å². The lowest BCUT2D eigenvalue weighted by Crippen LogP contribution is -2.52. The third kappa shape index (κ3) is 29.8. The van der Waals surface area contributed by atoms with E-state index in [0.29, 0.717) is 17.4 Å². The minimum absolute atomic E-state index is 0.137. The Kier molecular flexibility index (Phi) is 28.3. The highest BCUT2D eigenvalue weighted by Gasteiger charge is 2.31. The summed E-state index contributed by atoms with van der Waals surface area (Å²) in [6.45, 7) is 5.92. The number of nitrogens with zero attached hydrogens (tertiary/aromatic N) is 1. The summed E-state index contributed by atoms with van der Waals surface area (Å²) in [5.74, 6) is 0.137. The molecule has 0 aromatic carbocycles. The summed E-state index contributed by atoms with van der Waals surface area (Å²) >= 11 is 0. The topological polar surface area (TPSA) is 72.5 Å². The summed E-state index contributed by atoms with van der Waals surface area (Å²) in [4.78, 5) is 12.3. The van der Waals surface area contributed by atoms with Crippen molar-refractivity contribution < 1.29 is 21.9 Å². The molecule has 0 aromatic rings. The number of hydrogen-bond donors (Lipinski definition) is 1. The average molecular weight is 632 g/mol. The first-order valence-electron chi connectivity index (χ1n) is 18.6. The third-order valence-corrected chi connectivity index (χ3v) is 9.43. The Labute approximate surface area is 269 Å². The first kappa shape index (κ1) is 42.3. The van der Waals surface area contributed by atoms with E-state index in [1.54, 1.807) is 0 Å². The van der Waals surface area contributed by atoms with Gasteiger partial charge >= 0.3 is 0 Å². The highest BCUT2D eigenvalue weighted by Crippen LogP contribution is 2.20. The molecule has 0 aliphatic heterocycles. The van der Waals surface area contributed by atoms with Crippen molar-refractivity contribution in [2.24, 2.45) is 0 Å². The van der Waals surface area contributed by atoms with Gasteiger partial charge in [0.2, 0.25) is 12.1 Å². The second-order valence-electron chi connectivity index (χ2n) is 13.8. The molecule has 0 saturated heterocycles. The van der Waals surface area contributed by atoms with E-state index >= 15 is 0 Å². The maximum Gasteiger partial charge on any atom is 0.269 e.